The molecule has 2 amide bonds. The molecule has 0 radical (unpaired) electrons. The molecule has 3 atom stereocenters. The van der Waals surface area contributed by atoms with Crippen LogP contribution in [-0.2, 0) is 28.5 Å². The number of nitrogens with two attached hydrogens (primary N) is 1. The molecule has 13 heteroatoms. The molecule has 0 aliphatic carbocycles. The highest BCUT2D eigenvalue weighted by molar-refractivity contribution is 7.99. The van der Waals surface area contributed by atoms with E-state index in [0.717, 1.165) is 0 Å². The monoisotopic (exact) mass is 495 g/mol. The van der Waals surface area contributed by atoms with Gasteiger partial charge in [-0.25, -0.2) is 9.59 Å². The number of aliphatic hydroxyl groups is 1. The average molecular weight is 496 g/mol. The Bertz CT molecular complexity index is 620. The van der Waals surface area contributed by atoms with Gasteiger partial charge in [0.1, 0.15) is 12.1 Å². The summed E-state index contributed by atoms with van der Waals surface area (Å²) in [5, 5.41) is 13.9. The van der Waals surface area contributed by atoms with E-state index in [2.05, 4.69) is 10.6 Å². The highest BCUT2D eigenvalue weighted by atomic mass is 32.2. The first kappa shape index (κ1) is 30.8. The molecule has 0 aromatic rings. The molecule has 12 nitrogen and oxygen atoms in total. The van der Waals surface area contributed by atoms with E-state index < -0.39 is 48.9 Å². The molecular formula is C20H37N3O9S. The number of ether oxygens (including phenoxy) is 4. The molecule has 0 bridgehead atoms. The van der Waals surface area contributed by atoms with Gasteiger partial charge in [-0.1, -0.05) is 0 Å². The van der Waals surface area contributed by atoms with Gasteiger partial charge < -0.3 is 40.4 Å². The molecule has 0 aliphatic rings. The van der Waals surface area contributed by atoms with Gasteiger partial charge >= 0.3 is 12.3 Å². The molecular weight excluding hydrogens is 458 g/mol. The molecule has 0 heterocycles. The lowest BCUT2D eigenvalue weighted by Crippen LogP contribution is -2.53. The Kier molecular flexibility index (Phi) is 16.1. The van der Waals surface area contributed by atoms with Crippen molar-refractivity contribution in [2.45, 2.75) is 70.9 Å². The lowest BCUT2D eigenvalue weighted by Gasteiger charge is -2.20. The smallest absolute Gasteiger partial charge is 0.434 e. The zero-order valence-corrected chi connectivity index (χ0v) is 20.6. The van der Waals surface area contributed by atoms with E-state index in [9.17, 15) is 24.3 Å². The van der Waals surface area contributed by atoms with Crippen LogP contribution in [-0.4, -0.2) is 91.4 Å². The number of nitrogens with one attached hydrogen (secondary N) is 2. The van der Waals surface area contributed by atoms with Gasteiger partial charge in [-0.15, -0.1) is 0 Å². The first-order valence-electron chi connectivity index (χ1n) is 10.7. The molecule has 0 saturated carbocycles. The highest BCUT2D eigenvalue weighted by Crippen LogP contribution is 2.14. The van der Waals surface area contributed by atoms with Gasteiger partial charge in [-0.2, -0.15) is 11.8 Å². The zero-order chi connectivity index (χ0) is 25.4. The summed E-state index contributed by atoms with van der Waals surface area (Å²) >= 11 is 1.27. The second-order valence-electron chi connectivity index (χ2n) is 7.57. The number of rotatable bonds is 15. The molecule has 0 fully saturated rings. The van der Waals surface area contributed by atoms with E-state index in [1.165, 1.54) is 18.8 Å². The van der Waals surface area contributed by atoms with Crippen molar-refractivity contribution in [1.29, 1.82) is 0 Å². The van der Waals surface area contributed by atoms with Crippen LogP contribution in [0.15, 0.2) is 0 Å². The number of hydrogen-bond donors (Lipinski definition) is 4. The Morgan fingerprint density at radius 2 is 1.55 bits per heavy atom. The molecule has 3 unspecified atom stereocenters. The lowest BCUT2D eigenvalue weighted by atomic mass is 10.2. The Morgan fingerprint density at radius 1 is 0.939 bits per heavy atom. The first-order valence-corrected chi connectivity index (χ1v) is 11.8. The maximum absolute atomic E-state index is 12.2. The molecule has 33 heavy (non-hydrogen) atoms. The fraction of sp³-hybridized carbons (Fsp3) is 0.800. The molecule has 0 rings (SSSR count). The van der Waals surface area contributed by atoms with Gasteiger partial charge in [-0.3, -0.25) is 9.59 Å². The van der Waals surface area contributed by atoms with Crippen LogP contribution in [0.25, 0.3) is 0 Å². The third-order valence-electron chi connectivity index (χ3n) is 3.82. The number of amides is 2. The van der Waals surface area contributed by atoms with E-state index in [0.29, 0.717) is 18.6 Å². The normalized spacial score (nSPS) is 13.6. The number of thioether (sulfide) groups is 1. The fourth-order valence-corrected chi connectivity index (χ4v) is 3.31. The Balaban J connectivity index is 4.62. The van der Waals surface area contributed by atoms with E-state index in [1.54, 1.807) is 27.7 Å². The summed E-state index contributed by atoms with van der Waals surface area (Å²) in [4.78, 5) is 47.0. The summed E-state index contributed by atoms with van der Waals surface area (Å²) < 4.78 is 20.2. The SMILES string of the molecule is CNC(=O)C(CO)NC(=O)C(N)CSCC(CCCOC(=O)OC(C)C)OC(=O)OC(C)C. The topological polar surface area (TPSA) is 176 Å². The van der Waals surface area contributed by atoms with Gasteiger partial charge in [0.05, 0.1) is 31.5 Å². The third-order valence-corrected chi connectivity index (χ3v) is 5.02. The summed E-state index contributed by atoms with van der Waals surface area (Å²) in [7, 11) is 1.38. The van der Waals surface area contributed by atoms with Crippen LogP contribution < -0.4 is 16.4 Å². The Hall–Kier alpha value is -2.25. The minimum absolute atomic E-state index is 0.0826. The molecule has 0 aromatic carbocycles. The van der Waals surface area contributed by atoms with E-state index in [4.69, 9.17) is 24.7 Å². The second kappa shape index (κ2) is 17.3. The summed E-state index contributed by atoms with van der Waals surface area (Å²) in [6, 6.07) is -2.05. The van der Waals surface area contributed by atoms with Crippen LogP contribution in [0.1, 0.15) is 40.5 Å². The largest absolute Gasteiger partial charge is 0.508 e. The summed E-state index contributed by atoms with van der Waals surface area (Å²) in [5.41, 5.74) is 5.86. The zero-order valence-electron chi connectivity index (χ0n) is 19.8. The number of likely N-dealkylation sites (N-methyl/N-ethyl adjacent to an activating group) is 1. The summed E-state index contributed by atoms with van der Waals surface area (Å²) in [6.45, 7) is 6.31. The van der Waals surface area contributed by atoms with Crippen molar-refractivity contribution in [3.63, 3.8) is 0 Å². The van der Waals surface area contributed by atoms with Crippen molar-refractivity contribution >= 4 is 35.9 Å². The lowest BCUT2D eigenvalue weighted by molar-refractivity contribution is -0.130. The number of carbonyl (C=O) groups is 4. The van der Waals surface area contributed by atoms with Gasteiger partial charge in [0, 0.05) is 18.6 Å². The third kappa shape index (κ3) is 15.3. The van der Waals surface area contributed by atoms with Crippen molar-refractivity contribution in [3.05, 3.63) is 0 Å². The molecule has 192 valence electrons. The van der Waals surface area contributed by atoms with E-state index >= 15 is 0 Å². The maximum atomic E-state index is 12.2. The van der Waals surface area contributed by atoms with Gasteiger partial charge in [0.2, 0.25) is 11.8 Å². The average Bonchev–Trinajstić information content (AvgIpc) is 2.72. The van der Waals surface area contributed by atoms with E-state index in [-0.39, 0.29) is 24.6 Å². The molecule has 0 aliphatic heterocycles. The number of aliphatic hydroxyl groups excluding tert-OH is 1. The highest BCUT2D eigenvalue weighted by Gasteiger charge is 2.23. The van der Waals surface area contributed by atoms with Crippen LogP contribution in [0.4, 0.5) is 9.59 Å². The number of hydrogen-bond acceptors (Lipinski definition) is 11. The van der Waals surface area contributed by atoms with E-state index in [1.807, 2.05) is 0 Å². The van der Waals surface area contributed by atoms with Crippen molar-refractivity contribution < 1.29 is 43.2 Å². The molecule has 0 aromatic heterocycles. The Labute approximate surface area is 198 Å². The standard InChI is InChI=1S/C20H37N3O9S/c1-12(2)30-19(27)29-8-6-7-14(32-20(28)31-13(3)4)10-33-11-15(21)17(25)23-16(9-24)18(26)22-5/h12-16,24H,6-11,21H2,1-5H3,(H,22,26)(H,23,25). The quantitative estimate of drug-likeness (QED) is 0.184. The van der Waals surface area contributed by atoms with Crippen LogP contribution in [0.2, 0.25) is 0 Å². The van der Waals surface area contributed by atoms with Gasteiger partial charge in [-0.05, 0) is 40.5 Å². The summed E-state index contributed by atoms with van der Waals surface area (Å²) in [5.74, 6) is -0.654. The molecule has 5 N–H and O–H groups in total. The van der Waals surface area contributed by atoms with Gasteiger partial charge in [0.25, 0.3) is 0 Å². The minimum atomic E-state index is -1.09. The first-order chi connectivity index (χ1) is 15.5. The van der Waals surface area contributed by atoms with Crippen molar-refractivity contribution in [3.8, 4) is 0 Å². The van der Waals surface area contributed by atoms with Crippen LogP contribution in [0.3, 0.4) is 0 Å². The minimum Gasteiger partial charge on any atom is -0.434 e. The number of carbonyl (C=O) groups excluding carboxylic acids is 4. The maximum Gasteiger partial charge on any atom is 0.508 e. The van der Waals surface area contributed by atoms with Crippen LogP contribution in [0.5, 0.6) is 0 Å². The predicted molar refractivity (Wildman–Crippen MR) is 122 cm³/mol. The second-order valence-corrected chi connectivity index (χ2v) is 8.64. The van der Waals surface area contributed by atoms with Crippen molar-refractivity contribution in [2.24, 2.45) is 5.73 Å². The summed E-state index contributed by atoms with van der Waals surface area (Å²) in [6.07, 6.45) is -2.03. The molecule has 0 spiro atoms. The van der Waals surface area contributed by atoms with Gasteiger partial charge in [0.15, 0.2) is 0 Å². The van der Waals surface area contributed by atoms with Crippen LogP contribution >= 0.6 is 11.8 Å². The molecule has 0 saturated heterocycles. The van der Waals surface area contributed by atoms with Crippen LogP contribution in [0, 0.1) is 0 Å². The van der Waals surface area contributed by atoms with Crippen molar-refractivity contribution in [1.82, 2.24) is 10.6 Å². The predicted octanol–water partition coefficient (Wildman–Crippen LogP) is 0.542. The van der Waals surface area contributed by atoms with Crippen molar-refractivity contribution in [2.75, 3.05) is 31.8 Å². The Morgan fingerprint density at radius 3 is 2.09 bits per heavy atom. The fourth-order valence-electron chi connectivity index (χ4n) is 2.27.